The van der Waals surface area contributed by atoms with Crippen LogP contribution in [0, 0.1) is 5.82 Å². The molecule has 0 radical (unpaired) electrons. The SMILES string of the molecule is O=C(c1ccc(F)cc1)N1CCN(c2nc3ccccc3n3cccc23)CC1. The van der Waals surface area contributed by atoms with Crippen LogP contribution in [0.3, 0.4) is 0 Å². The largest absolute Gasteiger partial charge is 0.351 e. The van der Waals surface area contributed by atoms with Crippen molar-refractivity contribution in [3.63, 3.8) is 0 Å². The fraction of sp³-hybridized carbons (Fsp3) is 0.182. The van der Waals surface area contributed by atoms with Crippen molar-refractivity contribution >= 4 is 28.3 Å². The first-order valence-corrected chi connectivity index (χ1v) is 9.36. The smallest absolute Gasteiger partial charge is 0.253 e. The molecule has 140 valence electrons. The molecular weight excluding hydrogens is 355 g/mol. The van der Waals surface area contributed by atoms with Crippen molar-refractivity contribution in [1.82, 2.24) is 14.3 Å². The number of para-hydroxylation sites is 2. The van der Waals surface area contributed by atoms with E-state index in [0.717, 1.165) is 22.4 Å². The van der Waals surface area contributed by atoms with Gasteiger partial charge in [0, 0.05) is 37.9 Å². The van der Waals surface area contributed by atoms with Crippen molar-refractivity contribution in [3.05, 3.63) is 78.2 Å². The molecule has 5 rings (SSSR count). The zero-order valence-corrected chi connectivity index (χ0v) is 15.3. The fourth-order valence-corrected chi connectivity index (χ4v) is 3.84. The molecule has 4 aromatic rings. The Hall–Kier alpha value is -3.41. The van der Waals surface area contributed by atoms with Gasteiger partial charge >= 0.3 is 0 Å². The summed E-state index contributed by atoms with van der Waals surface area (Å²) < 4.78 is 15.3. The van der Waals surface area contributed by atoms with Gasteiger partial charge in [-0.05, 0) is 48.5 Å². The Morgan fingerprint density at radius 3 is 2.36 bits per heavy atom. The Bertz CT molecular complexity index is 1160. The van der Waals surface area contributed by atoms with E-state index in [1.165, 1.54) is 12.1 Å². The zero-order chi connectivity index (χ0) is 19.1. The number of hydrogen-bond acceptors (Lipinski definition) is 3. The van der Waals surface area contributed by atoms with Crippen molar-refractivity contribution in [2.24, 2.45) is 0 Å². The Balaban J connectivity index is 1.40. The number of amides is 1. The number of aromatic nitrogens is 2. The van der Waals surface area contributed by atoms with Crippen LogP contribution >= 0.6 is 0 Å². The van der Waals surface area contributed by atoms with E-state index < -0.39 is 0 Å². The van der Waals surface area contributed by atoms with E-state index in [2.05, 4.69) is 27.6 Å². The Morgan fingerprint density at radius 1 is 0.857 bits per heavy atom. The van der Waals surface area contributed by atoms with E-state index in [9.17, 15) is 9.18 Å². The van der Waals surface area contributed by atoms with Crippen LogP contribution in [0.15, 0.2) is 66.9 Å². The van der Waals surface area contributed by atoms with Gasteiger partial charge in [-0.15, -0.1) is 0 Å². The van der Waals surface area contributed by atoms with Gasteiger partial charge in [-0.3, -0.25) is 4.79 Å². The second-order valence-corrected chi connectivity index (χ2v) is 6.97. The number of benzene rings is 2. The highest BCUT2D eigenvalue weighted by Gasteiger charge is 2.24. The molecule has 1 aliphatic rings. The maximum atomic E-state index is 13.1. The van der Waals surface area contributed by atoms with Gasteiger partial charge in [0.15, 0.2) is 5.82 Å². The van der Waals surface area contributed by atoms with Crippen molar-refractivity contribution in [2.75, 3.05) is 31.1 Å². The normalized spacial score (nSPS) is 14.8. The van der Waals surface area contributed by atoms with Crippen LogP contribution in [0.4, 0.5) is 10.2 Å². The van der Waals surface area contributed by atoms with E-state index in [-0.39, 0.29) is 11.7 Å². The lowest BCUT2D eigenvalue weighted by atomic mass is 10.1. The molecule has 6 heteroatoms. The first-order valence-electron chi connectivity index (χ1n) is 9.36. The lowest BCUT2D eigenvalue weighted by molar-refractivity contribution is 0.0746. The number of anilines is 1. The molecular formula is C22H19FN4O. The number of halogens is 1. The van der Waals surface area contributed by atoms with Gasteiger partial charge in [0.1, 0.15) is 5.82 Å². The number of piperazine rings is 1. The summed E-state index contributed by atoms with van der Waals surface area (Å²) in [5, 5.41) is 0. The van der Waals surface area contributed by atoms with Crippen LogP contribution in [-0.4, -0.2) is 46.4 Å². The number of carbonyl (C=O) groups excluding carboxylic acids is 1. The van der Waals surface area contributed by atoms with Crippen molar-refractivity contribution in [3.8, 4) is 0 Å². The lowest BCUT2D eigenvalue weighted by Gasteiger charge is -2.35. The van der Waals surface area contributed by atoms with Crippen LogP contribution in [0.1, 0.15) is 10.4 Å². The standard InChI is InChI=1S/C22H19FN4O/c23-17-9-7-16(8-10-17)22(28)26-14-12-25(13-15-26)21-20-6-3-11-27(20)19-5-2-1-4-18(19)24-21/h1-11H,12-15H2. The summed E-state index contributed by atoms with van der Waals surface area (Å²) in [6.45, 7) is 2.63. The average Bonchev–Trinajstić information content (AvgIpc) is 3.24. The molecule has 0 N–H and O–H groups in total. The molecule has 2 aromatic carbocycles. The third-order valence-corrected chi connectivity index (χ3v) is 5.30. The predicted octanol–water partition coefficient (Wildman–Crippen LogP) is 3.59. The Kier molecular flexibility index (Phi) is 3.97. The summed E-state index contributed by atoms with van der Waals surface area (Å²) in [5.41, 5.74) is 3.62. The number of nitrogens with zero attached hydrogens (tertiary/aromatic N) is 4. The lowest BCUT2D eigenvalue weighted by Crippen LogP contribution is -2.49. The fourth-order valence-electron chi connectivity index (χ4n) is 3.84. The highest BCUT2D eigenvalue weighted by Crippen LogP contribution is 2.26. The van der Waals surface area contributed by atoms with Crippen LogP contribution in [0.5, 0.6) is 0 Å². The molecule has 0 bridgehead atoms. The van der Waals surface area contributed by atoms with E-state index in [1.54, 1.807) is 12.1 Å². The number of rotatable bonds is 2. The molecule has 2 aromatic heterocycles. The summed E-state index contributed by atoms with van der Waals surface area (Å²) in [5.74, 6) is 0.552. The van der Waals surface area contributed by atoms with E-state index in [1.807, 2.05) is 29.2 Å². The third-order valence-electron chi connectivity index (χ3n) is 5.30. The molecule has 1 fully saturated rings. The molecule has 1 saturated heterocycles. The predicted molar refractivity (Wildman–Crippen MR) is 107 cm³/mol. The van der Waals surface area contributed by atoms with E-state index >= 15 is 0 Å². The molecule has 3 heterocycles. The Morgan fingerprint density at radius 2 is 1.57 bits per heavy atom. The highest BCUT2D eigenvalue weighted by molar-refractivity contribution is 5.94. The molecule has 0 unspecified atom stereocenters. The summed E-state index contributed by atoms with van der Waals surface area (Å²) >= 11 is 0. The number of hydrogen-bond donors (Lipinski definition) is 0. The van der Waals surface area contributed by atoms with E-state index in [0.29, 0.717) is 31.7 Å². The summed E-state index contributed by atoms with van der Waals surface area (Å²) in [6.07, 6.45) is 2.05. The van der Waals surface area contributed by atoms with Gasteiger partial charge in [0.05, 0.1) is 16.6 Å². The topological polar surface area (TPSA) is 40.9 Å². The second kappa shape index (κ2) is 6.64. The monoisotopic (exact) mass is 374 g/mol. The average molecular weight is 374 g/mol. The van der Waals surface area contributed by atoms with Gasteiger partial charge in [-0.1, -0.05) is 12.1 Å². The van der Waals surface area contributed by atoms with Gasteiger partial charge in [-0.2, -0.15) is 0 Å². The quantitative estimate of drug-likeness (QED) is 0.538. The molecule has 0 atom stereocenters. The molecule has 1 aliphatic heterocycles. The van der Waals surface area contributed by atoms with Crippen LogP contribution in [0.25, 0.3) is 16.6 Å². The number of carbonyl (C=O) groups is 1. The number of fused-ring (bicyclic) bond motifs is 3. The molecule has 1 amide bonds. The molecule has 5 nitrogen and oxygen atoms in total. The molecule has 0 aliphatic carbocycles. The van der Waals surface area contributed by atoms with Crippen molar-refractivity contribution in [1.29, 1.82) is 0 Å². The minimum atomic E-state index is -0.333. The van der Waals surface area contributed by atoms with Gasteiger partial charge in [0.2, 0.25) is 0 Å². The maximum Gasteiger partial charge on any atom is 0.253 e. The van der Waals surface area contributed by atoms with Gasteiger partial charge < -0.3 is 14.2 Å². The highest BCUT2D eigenvalue weighted by atomic mass is 19.1. The first kappa shape index (κ1) is 16.7. The van der Waals surface area contributed by atoms with Gasteiger partial charge in [0.25, 0.3) is 5.91 Å². The molecule has 28 heavy (non-hydrogen) atoms. The second-order valence-electron chi connectivity index (χ2n) is 6.97. The maximum absolute atomic E-state index is 13.1. The van der Waals surface area contributed by atoms with Crippen molar-refractivity contribution in [2.45, 2.75) is 0 Å². The van der Waals surface area contributed by atoms with Gasteiger partial charge in [-0.25, -0.2) is 9.37 Å². The minimum Gasteiger partial charge on any atom is -0.351 e. The first-order chi connectivity index (χ1) is 13.7. The molecule has 0 spiro atoms. The minimum absolute atomic E-state index is 0.0565. The summed E-state index contributed by atoms with van der Waals surface area (Å²) in [4.78, 5) is 21.6. The van der Waals surface area contributed by atoms with Crippen LogP contribution in [-0.2, 0) is 0 Å². The van der Waals surface area contributed by atoms with Crippen molar-refractivity contribution < 1.29 is 9.18 Å². The molecule has 0 saturated carbocycles. The summed E-state index contributed by atoms with van der Waals surface area (Å²) in [7, 11) is 0. The van der Waals surface area contributed by atoms with Crippen LogP contribution < -0.4 is 4.90 Å². The van der Waals surface area contributed by atoms with E-state index in [4.69, 9.17) is 4.98 Å². The zero-order valence-electron chi connectivity index (χ0n) is 15.3. The Labute approximate surface area is 161 Å². The summed E-state index contributed by atoms with van der Waals surface area (Å²) in [6, 6.07) is 17.9. The third kappa shape index (κ3) is 2.78. The van der Waals surface area contributed by atoms with Crippen LogP contribution in [0.2, 0.25) is 0 Å².